The number of likely N-dealkylation sites (N-methyl/N-ethyl adjacent to an activating group) is 1. The van der Waals surface area contributed by atoms with Crippen LogP contribution in [0.2, 0.25) is 0 Å². The summed E-state index contributed by atoms with van der Waals surface area (Å²) in [5.41, 5.74) is 0. The summed E-state index contributed by atoms with van der Waals surface area (Å²) in [7, 11) is 4.34. The highest BCUT2D eigenvalue weighted by Crippen LogP contribution is 2.29. The lowest BCUT2D eigenvalue weighted by Gasteiger charge is -2.22. The molecule has 0 aliphatic carbocycles. The summed E-state index contributed by atoms with van der Waals surface area (Å²) in [4.78, 5) is 10.6. The minimum Gasteiger partial charge on any atom is -0.346 e. The van der Waals surface area contributed by atoms with Crippen LogP contribution in [0.15, 0.2) is 6.20 Å². The van der Waals surface area contributed by atoms with Gasteiger partial charge in [-0.3, -0.25) is 0 Å². The lowest BCUT2D eigenvalue weighted by atomic mass is 10.1. The van der Waals surface area contributed by atoms with Gasteiger partial charge in [-0.25, -0.2) is 4.98 Å². The zero-order chi connectivity index (χ0) is 13.1. The second kappa shape index (κ2) is 5.99. The number of nitrogens with one attached hydrogen (secondary N) is 1. The Morgan fingerprint density at radius 1 is 1.50 bits per heavy atom. The first-order valence-electron chi connectivity index (χ1n) is 6.68. The molecule has 0 bridgehead atoms. The maximum absolute atomic E-state index is 4.57. The van der Waals surface area contributed by atoms with Crippen molar-refractivity contribution in [1.82, 2.24) is 15.2 Å². The van der Waals surface area contributed by atoms with Crippen LogP contribution in [0.5, 0.6) is 0 Å². The molecule has 5 heteroatoms. The van der Waals surface area contributed by atoms with Gasteiger partial charge in [0, 0.05) is 36.8 Å². The van der Waals surface area contributed by atoms with Gasteiger partial charge in [-0.2, -0.15) is 0 Å². The molecule has 18 heavy (non-hydrogen) atoms. The van der Waals surface area contributed by atoms with Crippen molar-refractivity contribution in [3.8, 4) is 0 Å². The van der Waals surface area contributed by atoms with Crippen LogP contribution in [0.4, 0.5) is 5.13 Å². The fraction of sp³-hybridized carbons (Fsp3) is 0.769. The van der Waals surface area contributed by atoms with Gasteiger partial charge in [0.1, 0.15) is 0 Å². The highest BCUT2D eigenvalue weighted by molar-refractivity contribution is 7.15. The summed E-state index contributed by atoms with van der Waals surface area (Å²) in [6.45, 7) is 8.63. The zero-order valence-electron chi connectivity index (χ0n) is 11.8. The van der Waals surface area contributed by atoms with E-state index in [9.17, 15) is 0 Å². The molecule has 2 heterocycles. The van der Waals surface area contributed by atoms with Crippen LogP contribution in [-0.4, -0.2) is 49.7 Å². The Hall–Kier alpha value is -0.650. The summed E-state index contributed by atoms with van der Waals surface area (Å²) < 4.78 is 0. The number of hydrogen-bond donors (Lipinski definition) is 1. The van der Waals surface area contributed by atoms with Crippen molar-refractivity contribution in [3.05, 3.63) is 11.1 Å². The predicted molar refractivity (Wildman–Crippen MR) is 78.3 cm³/mol. The maximum Gasteiger partial charge on any atom is 0.185 e. The standard InChI is InChI=1S/C13H24N4S/c1-5-14-6-11-7-15-13(18-11)17-8-10(2)12(9-17)16(3)4/h7,10,12,14H,5-6,8-9H2,1-4H3. The Labute approximate surface area is 114 Å². The number of rotatable bonds is 5. The molecule has 0 saturated carbocycles. The van der Waals surface area contributed by atoms with E-state index in [4.69, 9.17) is 0 Å². The first-order valence-corrected chi connectivity index (χ1v) is 7.50. The molecule has 1 aromatic heterocycles. The van der Waals surface area contributed by atoms with Crippen LogP contribution in [0.25, 0.3) is 0 Å². The van der Waals surface area contributed by atoms with Crippen LogP contribution in [-0.2, 0) is 6.54 Å². The SMILES string of the molecule is CCNCc1cnc(N2CC(C)C(N(C)C)C2)s1. The van der Waals surface area contributed by atoms with E-state index in [2.05, 4.69) is 48.0 Å². The van der Waals surface area contributed by atoms with Crippen molar-refractivity contribution >= 4 is 16.5 Å². The lowest BCUT2D eigenvalue weighted by Crippen LogP contribution is -2.34. The van der Waals surface area contributed by atoms with Crippen molar-refractivity contribution in [3.63, 3.8) is 0 Å². The third-order valence-electron chi connectivity index (χ3n) is 3.60. The molecule has 102 valence electrons. The fourth-order valence-electron chi connectivity index (χ4n) is 2.55. The lowest BCUT2D eigenvalue weighted by molar-refractivity contribution is 0.266. The largest absolute Gasteiger partial charge is 0.346 e. The quantitative estimate of drug-likeness (QED) is 0.880. The minimum absolute atomic E-state index is 0.645. The maximum atomic E-state index is 4.57. The molecule has 1 N–H and O–H groups in total. The highest BCUT2D eigenvalue weighted by Gasteiger charge is 2.32. The second-order valence-electron chi connectivity index (χ2n) is 5.30. The van der Waals surface area contributed by atoms with Crippen LogP contribution in [0.1, 0.15) is 18.7 Å². The first-order chi connectivity index (χ1) is 8.61. The molecule has 1 fully saturated rings. The molecule has 1 aliphatic rings. The molecular formula is C13H24N4S. The van der Waals surface area contributed by atoms with Crippen LogP contribution >= 0.6 is 11.3 Å². The normalized spacial score (nSPS) is 24.2. The Kier molecular flexibility index (Phi) is 4.59. The molecule has 2 atom stereocenters. The molecule has 0 radical (unpaired) electrons. The van der Waals surface area contributed by atoms with Gasteiger partial charge in [-0.05, 0) is 26.6 Å². The van der Waals surface area contributed by atoms with Gasteiger partial charge < -0.3 is 15.1 Å². The molecule has 2 rings (SSSR count). The van der Waals surface area contributed by atoms with E-state index in [1.807, 2.05) is 17.5 Å². The molecule has 1 saturated heterocycles. The van der Waals surface area contributed by atoms with Crippen LogP contribution in [0, 0.1) is 5.92 Å². The average molecular weight is 268 g/mol. The number of nitrogens with zero attached hydrogens (tertiary/aromatic N) is 3. The van der Waals surface area contributed by atoms with E-state index in [1.54, 1.807) is 0 Å². The third-order valence-corrected chi connectivity index (χ3v) is 4.66. The summed E-state index contributed by atoms with van der Waals surface area (Å²) in [6, 6.07) is 0.645. The van der Waals surface area contributed by atoms with E-state index in [0.29, 0.717) is 12.0 Å². The minimum atomic E-state index is 0.645. The Morgan fingerprint density at radius 3 is 2.89 bits per heavy atom. The molecule has 0 aromatic carbocycles. The van der Waals surface area contributed by atoms with E-state index in [-0.39, 0.29) is 0 Å². The van der Waals surface area contributed by atoms with Gasteiger partial charge in [0.15, 0.2) is 5.13 Å². The number of anilines is 1. The van der Waals surface area contributed by atoms with Crippen molar-refractivity contribution in [2.75, 3.05) is 38.6 Å². The molecule has 0 amide bonds. The molecule has 1 aliphatic heterocycles. The van der Waals surface area contributed by atoms with Crippen molar-refractivity contribution in [2.24, 2.45) is 5.92 Å². The summed E-state index contributed by atoms with van der Waals surface area (Å²) in [6.07, 6.45) is 2.01. The van der Waals surface area contributed by atoms with Gasteiger partial charge >= 0.3 is 0 Å². The molecule has 0 spiro atoms. The van der Waals surface area contributed by atoms with E-state index >= 15 is 0 Å². The summed E-state index contributed by atoms with van der Waals surface area (Å²) >= 11 is 1.82. The Balaban J connectivity index is 1.98. The third kappa shape index (κ3) is 3.02. The Morgan fingerprint density at radius 2 is 2.28 bits per heavy atom. The van der Waals surface area contributed by atoms with Gasteiger partial charge in [0.25, 0.3) is 0 Å². The van der Waals surface area contributed by atoms with E-state index < -0.39 is 0 Å². The fourth-order valence-corrected chi connectivity index (χ4v) is 3.45. The molecule has 2 unspecified atom stereocenters. The second-order valence-corrected chi connectivity index (χ2v) is 6.40. The van der Waals surface area contributed by atoms with Crippen LogP contribution in [0.3, 0.4) is 0 Å². The Bertz CT molecular complexity index is 377. The van der Waals surface area contributed by atoms with Crippen molar-refractivity contribution < 1.29 is 0 Å². The van der Waals surface area contributed by atoms with E-state index in [0.717, 1.165) is 26.2 Å². The van der Waals surface area contributed by atoms with Crippen molar-refractivity contribution in [1.29, 1.82) is 0 Å². The average Bonchev–Trinajstić information content (AvgIpc) is 2.92. The van der Waals surface area contributed by atoms with Gasteiger partial charge in [0.05, 0.1) is 0 Å². The molecule has 4 nitrogen and oxygen atoms in total. The number of aromatic nitrogens is 1. The molecule has 1 aromatic rings. The number of hydrogen-bond acceptors (Lipinski definition) is 5. The summed E-state index contributed by atoms with van der Waals surface area (Å²) in [5, 5.41) is 4.53. The topological polar surface area (TPSA) is 31.4 Å². The van der Waals surface area contributed by atoms with Crippen molar-refractivity contribution in [2.45, 2.75) is 26.4 Å². The predicted octanol–water partition coefficient (Wildman–Crippen LogP) is 1.64. The van der Waals surface area contributed by atoms with Gasteiger partial charge in [-0.15, -0.1) is 11.3 Å². The summed E-state index contributed by atoms with van der Waals surface area (Å²) in [5.74, 6) is 0.709. The first kappa shape index (κ1) is 13.8. The zero-order valence-corrected chi connectivity index (χ0v) is 12.6. The van der Waals surface area contributed by atoms with Crippen LogP contribution < -0.4 is 10.2 Å². The number of thiazole rings is 1. The van der Waals surface area contributed by atoms with E-state index in [1.165, 1.54) is 10.0 Å². The molecular weight excluding hydrogens is 244 g/mol. The smallest absolute Gasteiger partial charge is 0.185 e. The van der Waals surface area contributed by atoms with Gasteiger partial charge in [0.2, 0.25) is 0 Å². The van der Waals surface area contributed by atoms with Gasteiger partial charge in [-0.1, -0.05) is 13.8 Å². The highest BCUT2D eigenvalue weighted by atomic mass is 32.1. The monoisotopic (exact) mass is 268 g/mol.